The maximum Gasteiger partial charge on any atom is 0.310 e. The molecule has 3 N–H and O–H groups in total. The van der Waals surface area contributed by atoms with Crippen LogP contribution in [0.25, 0.3) is 0 Å². The van der Waals surface area contributed by atoms with Crippen molar-refractivity contribution in [3.8, 4) is 28.7 Å². The average Bonchev–Trinajstić information content (AvgIpc) is 3.59. The summed E-state index contributed by atoms with van der Waals surface area (Å²) in [6.07, 6.45) is -6.92. The van der Waals surface area contributed by atoms with Gasteiger partial charge in [-0.15, -0.1) is 0 Å². The van der Waals surface area contributed by atoms with Crippen LogP contribution in [0.5, 0.6) is 28.7 Å². The second kappa shape index (κ2) is 10.4. The van der Waals surface area contributed by atoms with Crippen LogP contribution in [0.3, 0.4) is 0 Å². The van der Waals surface area contributed by atoms with Gasteiger partial charge in [0.05, 0.1) is 32.8 Å². The summed E-state index contributed by atoms with van der Waals surface area (Å²) in [5.74, 6) is -0.636. The molecule has 232 valence electrons. The lowest BCUT2D eigenvalue weighted by Gasteiger charge is -2.50. The van der Waals surface area contributed by atoms with Gasteiger partial charge in [-0.2, -0.15) is 0 Å². The van der Waals surface area contributed by atoms with E-state index in [-0.39, 0.29) is 37.3 Å². The zero-order chi connectivity index (χ0) is 30.2. The van der Waals surface area contributed by atoms with E-state index in [1.165, 1.54) is 14.2 Å². The number of ether oxygens (including phenoxy) is 9. The number of esters is 1. The van der Waals surface area contributed by atoms with Crippen molar-refractivity contribution >= 4 is 5.97 Å². The number of carbonyl (C=O) groups excluding carboxylic acids is 1. The number of carbonyl (C=O) groups is 1. The fourth-order valence-electron chi connectivity index (χ4n) is 7.08. The van der Waals surface area contributed by atoms with Gasteiger partial charge < -0.3 is 58.0 Å². The number of hydrogen-bond donors (Lipinski definition) is 3. The molecule has 5 aliphatic rings. The third kappa shape index (κ3) is 4.32. The highest BCUT2D eigenvalue weighted by molar-refractivity contribution is 5.80. The largest absolute Gasteiger partial charge is 0.502 e. The van der Waals surface area contributed by atoms with Gasteiger partial charge in [0.15, 0.2) is 35.6 Å². The van der Waals surface area contributed by atoms with Gasteiger partial charge in [0, 0.05) is 11.3 Å². The fraction of sp³-hybridized carbons (Fsp3) is 0.567. The molecule has 4 heterocycles. The Labute approximate surface area is 247 Å². The van der Waals surface area contributed by atoms with E-state index in [1.54, 1.807) is 25.1 Å². The van der Waals surface area contributed by atoms with Gasteiger partial charge in [-0.25, -0.2) is 0 Å². The molecule has 0 saturated carbocycles. The van der Waals surface area contributed by atoms with Gasteiger partial charge in [0.2, 0.25) is 12.5 Å². The molecule has 0 radical (unpaired) electrons. The summed E-state index contributed by atoms with van der Waals surface area (Å²) in [5, 5.41) is 32.7. The quantitative estimate of drug-likeness (QED) is 0.425. The van der Waals surface area contributed by atoms with Gasteiger partial charge in [0.1, 0.15) is 31.0 Å². The molecule has 0 aromatic heterocycles. The normalized spacial score (nSPS) is 37.6. The van der Waals surface area contributed by atoms with Gasteiger partial charge >= 0.3 is 5.97 Å². The Morgan fingerprint density at radius 2 is 1.60 bits per heavy atom. The van der Waals surface area contributed by atoms with Crippen LogP contribution in [-0.4, -0.2) is 92.5 Å². The minimum atomic E-state index is -1.45. The Balaban J connectivity index is 1.35. The van der Waals surface area contributed by atoms with Crippen LogP contribution in [0.15, 0.2) is 24.3 Å². The number of aromatic hydroxyl groups is 1. The number of phenolic OH excluding ortho intramolecular Hbond substituents is 1. The van der Waals surface area contributed by atoms with Crippen molar-refractivity contribution in [2.45, 2.75) is 62.9 Å². The number of methoxy groups -OCH3 is 2. The lowest BCUT2D eigenvalue weighted by atomic mass is 9.58. The number of phenols is 1. The minimum Gasteiger partial charge on any atom is -0.502 e. The minimum absolute atomic E-state index is 0.0130. The molecule has 1 unspecified atom stereocenters. The average molecular weight is 603 g/mol. The van der Waals surface area contributed by atoms with E-state index in [1.807, 2.05) is 13.0 Å². The first-order valence-corrected chi connectivity index (χ1v) is 14.1. The molecule has 3 fully saturated rings. The Hall–Kier alpha value is -3.33. The number of benzene rings is 2. The van der Waals surface area contributed by atoms with Crippen LogP contribution in [-0.2, 0) is 28.5 Å². The van der Waals surface area contributed by atoms with Gasteiger partial charge in [-0.3, -0.25) is 4.79 Å². The standard InChI is InChI=1S/C30H34O13/c1-12-37-9-20-26(41-12)24(32)25(33)29(42-20)43-27-15-8-17-16(39-11-40-17)7-14(15)21(22-28(34)38-10-30(22,27)2)13-5-18(35-3)23(31)19(6-13)36-4/h5-8,12,20-22,24-27,29,31-33H,9-11H2,1-4H3/t12-,20-,21-,22+,24-,25-,26-,27?,29+,30+/m1/s1. The number of aliphatic hydroxyl groups excluding tert-OH is 2. The first-order chi connectivity index (χ1) is 20.6. The highest BCUT2D eigenvalue weighted by atomic mass is 16.8. The molecule has 4 aliphatic heterocycles. The van der Waals surface area contributed by atoms with Gasteiger partial charge in [-0.05, 0) is 47.9 Å². The molecular formula is C30H34O13. The first-order valence-electron chi connectivity index (χ1n) is 14.1. The smallest absolute Gasteiger partial charge is 0.310 e. The number of aliphatic hydroxyl groups is 2. The number of rotatable bonds is 5. The number of cyclic esters (lactones) is 1. The first kappa shape index (κ1) is 28.4. The van der Waals surface area contributed by atoms with Crippen LogP contribution in [0.1, 0.15) is 42.6 Å². The SMILES string of the molecule is COc1cc([C@@H]2c3cc4c(cc3C(O[C@@H]3O[C@@H]5CO[C@@H](C)O[C@H]5[C@H](O)[C@H]3O)[C@@]3(C)COC(=O)[C@H]23)OCO4)cc(OC)c1O. The summed E-state index contributed by atoms with van der Waals surface area (Å²) in [6.45, 7) is 3.76. The van der Waals surface area contributed by atoms with E-state index in [4.69, 9.17) is 42.6 Å². The molecule has 2 aromatic rings. The topological polar surface area (TPSA) is 161 Å². The Kier molecular flexibility index (Phi) is 6.87. The summed E-state index contributed by atoms with van der Waals surface area (Å²) in [7, 11) is 2.86. The molecule has 13 heteroatoms. The summed E-state index contributed by atoms with van der Waals surface area (Å²) >= 11 is 0. The van der Waals surface area contributed by atoms with Gasteiger partial charge in [-0.1, -0.05) is 6.92 Å². The van der Waals surface area contributed by atoms with E-state index in [0.717, 1.165) is 0 Å². The van der Waals surface area contributed by atoms with Crippen molar-refractivity contribution in [3.05, 3.63) is 41.0 Å². The monoisotopic (exact) mass is 602 g/mol. The van der Waals surface area contributed by atoms with Crippen LogP contribution in [0.4, 0.5) is 0 Å². The third-order valence-electron chi connectivity index (χ3n) is 9.23. The van der Waals surface area contributed by atoms with E-state index in [9.17, 15) is 20.1 Å². The van der Waals surface area contributed by atoms with Crippen LogP contribution >= 0.6 is 0 Å². The molecule has 0 amide bonds. The molecule has 2 aromatic carbocycles. The van der Waals surface area contributed by atoms with E-state index in [0.29, 0.717) is 28.2 Å². The molecule has 43 heavy (non-hydrogen) atoms. The summed E-state index contributed by atoms with van der Waals surface area (Å²) in [6, 6.07) is 6.94. The second-order valence-corrected chi connectivity index (χ2v) is 11.7. The third-order valence-corrected chi connectivity index (χ3v) is 9.23. The lowest BCUT2D eigenvalue weighted by molar-refractivity contribution is -0.367. The summed E-state index contributed by atoms with van der Waals surface area (Å²) < 4.78 is 51.9. The predicted octanol–water partition coefficient (Wildman–Crippen LogP) is 1.73. The molecule has 13 nitrogen and oxygen atoms in total. The fourth-order valence-corrected chi connectivity index (χ4v) is 7.08. The number of hydrogen-bond acceptors (Lipinski definition) is 13. The summed E-state index contributed by atoms with van der Waals surface area (Å²) in [5.41, 5.74) is 1.01. The second-order valence-electron chi connectivity index (χ2n) is 11.7. The van der Waals surface area contributed by atoms with Crippen molar-refractivity contribution in [2.24, 2.45) is 11.3 Å². The highest BCUT2D eigenvalue weighted by Crippen LogP contribution is 2.62. The molecule has 7 rings (SSSR count). The Morgan fingerprint density at radius 3 is 2.28 bits per heavy atom. The molecule has 10 atom stereocenters. The van der Waals surface area contributed by atoms with Crippen LogP contribution < -0.4 is 18.9 Å². The Bertz CT molecular complexity index is 1400. The lowest BCUT2D eigenvalue weighted by Crippen LogP contribution is -2.63. The van der Waals surface area contributed by atoms with Crippen molar-refractivity contribution in [1.29, 1.82) is 0 Å². The van der Waals surface area contributed by atoms with Crippen molar-refractivity contribution < 1.29 is 62.7 Å². The Morgan fingerprint density at radius 1 is 0.930 bits per heavy atom. The molecule has 0 spiro atoms. The zero-order valence-electron chi connectivity index (χ0n) is 24.1. The van der Waals surface area contributed by atoms with E-state index in [2.05, 4.69) is 0 Å². The highest BCUT2D eigenvalue weighted by Gasteiger charge is 2.62. The number of fused-ring (bicyclic) bond motifs is 4. The maximum absolute atomic E-state index is 13.6. The van der Waals surface area contributed by atoms with Crippen molar-refractivity contribution in [3.63, 3.8) is 0 Å². The molecule has 3 saturated heterocycles. The zero-order valence-corrected chi connectivity index (χ0v) is 24.1. The van der Waals surface area contributed by atoms with Crippen LogP contribution in [0.2, 0.25) is 0 Å². The molecule has 1 aliphatic carbocycles. The van der Waals surface area contributed by atoms with E-state index >= 15 is 0 Å². The van der Waals surface area contributed by atoms with Crippen molar-refractivity contribution in [2.75, 3.05) is 34.2 Å². The molecule has 0 bridgehead atoms. The van der Waals surface area contributed by atoms with Crippen molar-refractivity contribution in [1.82, 2.24) is 0 Å². The van der Waals surface area contributed by atoms with Crippen LogP contribution in [0, 0.1) is 11.3 Å². The van der Waals surface area contributed by atoms with E-state index < -0.39 is 66.3 Å². The predicted molar refractivity (Wildman–Crippen MR) is 143 cm³/mol. The summed E-state index contributed by atoms with van der Waals surface area (Å²) in [4.78, 5) is 13.6. The van der Waals surface area contributed by atoms with Gasteiger partial charge in [0.25, 0.3) is 0 Å². The maximum atomic E-state index is 13.6. The molecular weight excluding hydrogens is 568 g/mol.